The van der Waals surface area contributed by atoms with Gasteiger partial charge in [0.1, 0.15) is 5.69 Å². The molecule has 2 fully saturated rings. The Morgan fingerprint density at radius 1 is 1.63 bits per heavy atom. The highest BCUT2D eigenvalue weighted by molar-refractivity contribution is 8.01. The minimum atomic E-state index is 0.0479. The highest BCUT2D eigenvalue weighted by atomic mass is 32.2. The summed E-state index contributed by atoms with van der Waals surface area (Å²) in [4.78, 5) is 18.2. The van der Waals surface area contributed by atoms with Crippen molar-refractivity contribution in [1.82, 2.24) is 14.5 Å². The van der Waals surface area contributed by atoms with Gasteiger partial charge in [0.25, 0.3) is 5.91 Å². The summed E-state index contributed by atoms with van der Waals surface area (Å²) >= 11 is 1.96. The number of nitrogens with zero attached hydrogens (tertiary/aromatic N) is 3. The number of aryl methyl sites for hydroxylation is 1. The lowest BCUT2D eigenvalue weighted by molar-refractivity contribution is 0.0356. The molecule has 0 aliphatic carbocycles. The first-order valence-electron chi connectivity index (χ1n) is 6.65. The Labute approximate surface area is 117 Å². The molecule has 104 valence electrons. The first kappa shape index (κ1) is 13.0. The monoisotopic (exact) mass is 281 g/mol. The molecule has 0 aromatic carbocycles. The second-order valence-corrected chi connectivity index (χ2v) is 6.85. The van der Waals surface area contributed by atoms with E-state index in [2.05, 4.69) is 4.98 Å². The summed E-state index contributed by atoms with van der Waals surface area (Å²) in [6, 6.07) is 0. The zero-order valence-electron chi connectivity index (χ0n) is 11.3. The van der Waals surface area contributed by atoms with Crippen molar-refractivity contribution in [2.75, 3.05) is 25.4 Å². The predicted molar refractivity (Wildman–Crippen MR) is 74.3 cm³/mol. The fraction of sp³-hybridized carbons (Fsp3) is 0.692. The first-order chi connectivity index (χ1) is 9.12. The number of aromatic nitrogens is 2. The number of likely N-dealkylation sites (tertiary alicyclic amines) is 1. The predicted octanol–water partition coefficient (Wildman–Crippen LogP) is 1.16. The minimum Gasteiger partial charge on any atom is -0.378 e. The number of carbonyl (C=O) groups excluding carboxylic acids is 1. The molecule has 1 aromatic heterocycles. The third-order valence-electron chi connectivity index (χ3n) is 3.75. The number of carbonyl (C=O) groups is 1. The Morgan fingerprint density at radius 2 is 2.42 bits per heavy atom. The molecule has 0 unspecified atom stereocenters. The van der Waals surface area contributed by atoms with Crippen molar-refractivity contribution in [1.29, 1.82) is 0 Å². The van der Waals surface area contributed by atoms with Gasteiger partial charge in [-0.1, -0.05) is 0 Å². The number of hydrogen-bond acceptors (Lipinski definition) is 4. The second kappa shape index (κ2) is 4.83. The van der Waals surface area contributed by atoms with Gasteiger partial charge < -0.3 is 14.2 Å². The summed E-state index contributed by atoms with van der Waals surface area (Å²) in [5, 5.41) is 0. The Hall–Kier alpha value is -1.01. The molecule has 1 atom stereocenters. The molecule has 6 heteroatoms. The van der Waals surface area contributed by atoms with E-state index < -0.39 is 0 Å². The van der Waals surface area contributed by atoms with Gasteiger partial charge in [0.15, 0.2) is 0 Å². The van der Waals surface area contributed by atoms with Gasteiger partial charge in [-0.3, -0.25) is 4.79 Å². The van der Waals surface area contributed by atoms with E-state index in [1.54, 1.807) is 17.1 Å². The standard InChI is InChI=1S/C13H19N3O2S/c1-3-18-10-4-13(19-6-10)7-16(8-13)12(17)11-5-15(2)9-14-11/h5,9-10H,3-4,6-8H2,1-2H3/t10-/m1/s1. The summed E-state index contributed by atoms with van der Waals surface area (Å²) in [7, 11) is 1.88. The van der Waals surface area contributed by atoms with Crippen LogP contribution in [0.4, 0.5) is 0 Å². The van der Waals surface area contributed by atoms with Crippen molar-refractivity contribution >= 4 is 17.7 Å². The summed E-state index contributed by atoms with van der Waals surface area (Å²) in [6.45, 7) is 4.47. The van der Waals surface area contributed by atoms with Crippen LogP contribution in [0.5, 0.6) is 0 Å². The first-order valence-corrected chi connectivity index (χ1v) is 7.63. The zero-order chi connectivity index (χ0) is 13.5. The van der Waals surface area contributed by atoms with Gasteiger partial charge in [-0.05, 0) is 13.3 Å². The molecule has 5 nitrogen and oxygen atoms in total. The van der Waals surface area contributed by atoms with Crippen molar-refractivity contribution in [3.8, 4) is 0 Å². The van der Waals surface area contributed by atoms with E-state index in [1.165, 1.54) is 0 Å². The van der Waals surface area contributed by atoms with Crippen LogP contribution in [0.2, 0.25) is 0 Å². The number of ether oxygens (including phenoxy) is 1. The molecular weight excluding hydrogens is 262 g/mol. The number of imidazole rings is 1. The third kappa shape index (κ3) is 2.39. The molecule has 0 saturated carbocycles. The zero-order valence-corrected chi connectivity index (χ0v) is 12.2. The maximum Gasteiger partial charge on any atom is 0.274 e. The highest BCUT2D eigenvalue weighted by Crippen LogP contribution is 2.46. The molecule has 0 radical (unpaired) electrons. The number of rotatable bonds is 3. The highest BCUT2D eigenvalue weighted by Gasteiger charge is 2.51. The van der Waals surface area contributed by atoms with Crippen LogP contribution >= 0.6 is 11.8 Å². The molecule has 0 bridgehead atoms. The smallest absolute Gasteiger partial charge is 0.274 e. The van der Waals surface area contributed by atoms with Gasteiger partial charge in [-0.15, -0.1) is 11.8 Å². The summed E-state index contributed by atoms with van der Waals surface area (Å²) in [6.07, 6.45) is 4.87. The van der Waals surface area contributed by atoms with E-state index in [9.17, 15) is 4.79 Å². The molecule has 1 spiro atoms. The van der Waals surface area contributed by atoms with Gasteiger partial charge in [0.2, 0.25) is 0 Å². The topological polar surface area (TPSA) is 47.4 Å². The molecule has 19 heavy (non-hydrogen) atoms. The van der Waals surface area contributed by atoms with Crippen LogP contribution in [0.3, 0.4) is 0 Å². The number of amides is 1. The van der Waals surface area contributed by atoms with Crippen molar-refractivity contribution in [2.24, 2.45) is 7.05 Å². The van der Waals surface area contributed by atoms with Gasteiger partial charge in [0, 0.05) is 38.7 Å². The van der Waals surface area contributed by atoms with Crippen molar-refractivity contribution in [2.45, 2.75) is 24.2 Å². The largest absolute Gasteiger partial charge is 0.378 e. The molecular formula is C13H19N3O2S. The van der Waals surface area contributed by atoms with Gasteiger partial charge in [-0.25, -0.2) is 4.98 Å². The van der Waals surface area contributed by atoms with Crippen molar-refractivity contribution in [3.63, 3.8) is 0 Å². The maximum atomic E-state index is 12.2. The molecule has 1 aromatic rings. The van der Waals surface area contributed by atoms with Crippen LogP contribution in [0, 0.1) is 0 Å². The Balaban J connectivity index is 1.57. The van der Waals surface area contributed by atoms with Crippen LogP contribution in [0.15, 0.2) is 12.5 Å². The minimum absolute atomic E-state index is 0.0479. The molecule has 3 heterocycles. The molecule has 2 aliphatic heterocycles. The van der Waals surface area contributed by atoms with Crippen LogP contribution < -0.4 is 0 Å². The van der Waals surface area contributed by atoms with Crippen LogP contribution in [0.1, 0.15) is 23.8 Å². The van der Waals surface area contributed by atoms with E-state index >= 15 is 0 Å². The second-order valence-electron chi connectivity index (χ2n) is 5.36. The Kier molecular flexibility index (Phi) is 3.30. The maximum absolute atomic E-state index is 12.2. The lowest BCUT2D eigenvalue weighted by atomic mass is 9.92. The summed E-state index contributed by atoms with van der Waals surface area (Å²) in [5.41, 5.74) is 0.543. The summed E-state index contributed by atoms with van der Waals surface area (Å²) in [5.74, 6) is 1.10. The van der Waals surface area contributed by atoms with Gasteiger partial charge in [0.05, 0.1) is 17.2 Å². The lowest BCUT2D eigenvalue weighted by Crippen LogP contribution is -2.60. The Bertz CT molecular complexity index is 482. The van der Waals surface area contributed by atoms with Crippen LogP contribution in [-0.4, -0.2) is 56.7 Å². The van der Waals surface area contributed by atoms with E-state index in [4.69, 9.17) is 4.74 Å². The molecule has 1 amide bonds. The number of hydrogen-bond donors (Lipinski definition) is 0. The van der Waals surface area contributed by atoms with Crippen LogP contribution in [-0.2, 0) is 11.8 Å². The third-order valence-corrected chi connectivity index (χ3v) is 5.32. The van der Waals surface area contributed by atoms with Gasteiger partial charge >= 0.3 is 0 Å². The fourth-order valence-corrected chi connectivity index (χ4v) is 4.40. The normalized spacial score (nSPS) is 24.7. The van der Waals surface area contributed by atoms with Crippen LogP contribution in [0.25, 0.3) is 0 Å². The lowest BCUT2D eigenvalue weighted by Gasteiger charge is -2.47. The quantitative estimate of drug-likeness (QED) is 0.834. The van der Waals surface area contributed by atoms with E-state index in [-0.39, 0.29) is 10.7 Å². The summed E-state index contributed by atoms with van der Waals surface area (Å²) < 4.78 is 7.72. The molecule has 3 rings (SSSR count). The van der Waals surface area contributed by atoms with E-state index in [0.29, 0.717) is 11.8 Å². The Morgan fingerprint density at radius 3 is 3.05 bits per heavy atom. The SMILES string of the molecule is CCO[C@H]1CSC2(C1)CN(C(=O)c1cn(C)cn1)C2. The van der Waals surface area contributed by atoms with E-state index in [1.807, 2.05) is 30.6 Å². The van der Waals surface area contributed by atoms with Crippen molar-refractivity contribution < 1.29 is 9.53 Å². The van der Waals surface area contributed by atoms with Crippen molar-refractivity contribution in [3.05, 3.63) is 18.2 Å². The fourth-order valence-electron chi connectivity index (χ4n) is 2.84. The molecule has 2 saturated heterocycles. The average Bonchev–Trinajstić information content (AvgIpc) is 2.94. The average molecular weight is 281 g/mol. The van der Waals surface area contributed by atoms with Gasteiger partial charge in [-0.2, -0.15) is 0 Å². The number of thioether (sulfide) groups is 1. The molecule has 2 aliphatic rings. The molecule has 0 N–H and O–H groups in total. The van der Waals surface area contributed by atoms with E-state index in [0.717, 1.165) is 31.9 Å².